The number of hydrogen-bond acceptors (Lipinski definition) is 7. The van der Waals surface area contributed by atoms with Gasteiger partial charge in [-0.3, -0.25) is 9.69 Å². The van der Waals surface area contributed by atoms with Crippen LogP contribution in [0.3, 0.4) is 0 Å². The molecular weight excluding hydrogens is 454 g/mol. The summed E-state index contributed by atoms with van der Waals surface area (Å²) in [4.78, 5) is 14.8. The van der Waals surface area contributed by atoms with Crippen LogP contribution in [0.5, 0.6) is 23.0 Å². The van der Waals surface area contributed by atoms with Gasteiger partial charge in [-0.05, 0) is 51.8 Å². The van der Waals surface area contributed by atoms with E-state index in [1.165, 1.54) is 23.8 Å². The summed E-state index contributed by atoms with van der Waals surface area (Å²) in [7, 11) is 1.46. The Kier molecular flexibility index (Phi) is 4.75. The van der Waals surface area contributed by atoms with Crippen LogP contribution in [0.15, 0.2) is 39.7 Å². The first kappa shape index (κ1) is 18.1. The lowest BCUT2D eigenvalue weighted by molar-refractivity contribution is -0.113. The number of aromatic hydroxyl groups is 1. The number of halogens is 1. The second kappa shape index (κ2) is 7.06. The molecule has 0 radical (unpaired) electrons. The van der Waals surface area contributed by atoms with Crippen molar-refractivity contribution in [2.75, 3.05) is 18.8 Å². The first-order valence-electron chi connectivity index (χ1n) is 7.72. The first-order valence-corrected chi connectivity index (χ1v) is 9.74. The van der Waals surface area contributed by atoms with Gasteiger partial charge in [0.05, 0.1) is 22.2 Å². The van der Waals surface area contributed by atoms with Gasteiger partial charge in [0.15, 0.2) is 27.3 Å². The van der Waals surface area contributed by atoms with Crippen LogP contribution in [0.25, 0.3) is 6.08 Å². The van der Waals surface area contributed by atoms with Gasteiger partial charge in [0, 0.05) is 6.07 Å². The smallest absolute Gasteiger partial charge is 0.270 e. The van der Waals surface area contributed by atoms with E-state index in [0.717, 1.165) is 0 Å². The van der Waals surface area contributed by atoms with Gasteiger partial charge < -0.3 is 19.3 Å². The van der Waals surface area contributed by atoms with E-state index < -0.39 is 0 Å². The van der Waals surface area contributed by atoms with Crippen molar-refractivity contribution in [2.24, 2.45) is 0 Å². The zero-order valence-corrected chi connectivity index (χ0v) is 17.1. The maximum atomic E-state index is 12.9. The highest BCUT2D eigenvalue weighted by atomic mass is 79.9. The van der Waals surface area contributed by atoms with Crippen LogP contribution in [0.2, 0.25) is 0 Å². The lowest BCUT2D eigenvalue weighted by Gasteiger charge is -2.14. The Labute approximate surface area is 172 Å². The van der Waals surface area contributed by atoms with Gasteiger partial charge in [-0.2, -0.15) is 0 Å². The van der Waals surface area contributed by atoms with Crippen molar-refractivity contribution >= 4 is 61.9 Å². The summed E-state index contributed by atoms with van der Waals surface area (Å²) in [5.41, 5.74) is 1.32. The van der Waals surface area contributed by atoms with E-state index in [1.807, 2.05) is 0 Å². The molecule has 1 fully saturated rings. The molecule has 9 heteroatoms. The van der Waals surface area contributed by atoms with E-state index in [1.54, 1.807) is 36.4 Å². The summed E-state index contributed by atoms with van der Waals surface area (Å²) in [5.74, 6) is 1.30. The number of thioether (sulfide) groups is 1. The molecule has 2 aromatic carbocycles. The fraction of sp³-hybridized carbons (Fsp3) is 0.111. The number of benzene rings is 2. The molecule has 0 spiro atoms. The summed E-state index contributed by atoms with van der Waals surface area (Å²) >= 11 is 9.88. The Hall–Kier alpha value is -2.23. The lowest BCUT2D eigenvalue weighted by Crippen LogP contribution is -2.27. The van der Waals surface area contributed by atoms with Gasteiger partial charge in [-0.15, -0.1) is 0 Å². The topological polar surface area (TPSA) is 68.2 Å². The minimum Gasteiger partial charge on any atom is -0.503 e. The Morgan fingerprint density at radius 1 is 1.30 bits per heavy atom. The number of thiocarbonyl (C=S) groups is 1. The minimum atomic E-state index is -0.230. The van der Waals surface area contributed by atoms with E-state index in [4.69, 9.17) is 26.4 Å². The zero-order valence-electron chi connectivity index (χ0n) is 13.9. The maximum Gasteiger partial charge on any atom is 0.270 e. The molecule has 0 aromatic heterocycles. The predicted molar refractivity (Wildman–Crippen MR) is 111 cm³/mol. The van der Waals surface area contributed by atoms with Crippen molar-refractivity contribution in [1.82, 2.24) is 0 Å². The molecule has 2 aliphatic rings. The van der Waals surface area contributed by atoms with Crippen LogP contribution < -0.4 is 19.1 Å². The molecule has 2 aliphatic heterocycles. The first-order chi connectivity index (χ1) is 13.0. The number of ether oxygens (including phenoxy) is 3. The Morgan fingerprint density at radius 2 is 2.07 bits per heavy atom. The minimum absolute atomic E-state index is 0.00237. The van der Waals surface area contributed by atoms with Crippen LogP contribution in [-0.2, 0) is 4.79 Å². The number of hydrogen-bond donors (Lipinski definition) is 1. The van der Waals surface area contributed by atoms with E-state index in [0.29, 0.717) is 42.2 Å². The summed E-state index contributed by atoms with van der Waals surface area (Å²) in [6, 6.07) is 8.59. The molecule has 0 saturated carbocycles. The molecule has 4 rings (SSSR count). The van der Waals surface area contributed by atoms with Crippen LogP contribution in [-0.4, -0.2) is 29.2 Å². The Morgan fingerprint density at radius 3 is 2.85 bits per heavy atom. The van der Waals surface area contributed by atoms with Crippen LogP contribution in [0.4, 0.5) is 5.69 Å². The van der Waals surface area contributed by atoms with Gasteiger partial charge >= 0.3 is 0 Å². The van der Waals surface area contributed by atoms with Crippen molar-refractivity contribution in [3.8, 4) is 23.0 Å². The van der Waals surface area contributed by atoms with Crippen molar-refractivity contribution < 1.29 is 24.1 Å². The SMILES string of the molecule is COc1cc(C=C2SC(=S)N(c3ccc4c(c3)OCO4)C2=O)cc(Br)c1O. The highest BCUT2D eigenvalue weighted by Crippen LogP contribution is 2.42. The lowest BCUT2D eigenvalue weighted by atomic mass is 10.2. The van der Waals surface area contributed by atoms with Crippen molar-refractivity contribution in [2.45, 2.75) is 0 Å². The summed E-state index contributed by atoms with van der Waals surface area (Å²) in [6.07, 6.45) is 1.71. The molecule has 0 bridgehead atoms. The fourth-order valence-electron chi connectivity index (χ4n) is 2.70. The average Bonchev–Trinajstić information content (AvgIpc) is 3.21. The number of rotatable bonds is 3. The van der Waals surface area contributed by atoms with Crippen LogP contribution in [0.1, 0.15) is 5.56 Å². The molecule has 0 atom stereocenters. The van der Waals surface area contributed by atoms with Crippen molar-refractivity contribution in [3.05, 3.63) is 45.3 Å². The average molecular weight is 466 g/mol. The summed E-state index contributed by atoms with van der Waals surface area (Å²) in [5, 5.41) is 9.93. The standard InChI is InChI=1S/C18H12BrNO5S2/c1-23-14-5-9(4-11(19)16(14)21)6-15-17(22)20(18(26)27-15)10-2-3-12-13(7-10)25-8-24-12/h2-7,21H,8H2,1H3. The van der Waals surface area contributed by atoms with E-state index in [-0.39, 0.29) is 18.4 Å². The number of methoxy groups -OCH3 is 1. The number of carbonyl (C=O) groups is 1. The molecule has 1 N–H and O–H groups in total. The van der Waals surface area contributed by atoms with E-state index in [2.05, 4.69) is 15.9 Å². The third-order valence-corrected chi connectivity index (χ3v) is 5.88. The van der Waals surface area contributed by atoms with Crippen LogP contribution >= 0.6 is 39.9 Å². The third-order valence-electron chi connectivity index (χ3n) is 3.98. The molecule has 1 amide bonds. The third kappa shape index (κ3) is 3.26. The summed E-state index contributed by atoms with van der Waals surface area (Å²) < 4.78 is 16.7. The second-order valence-corrected chi connectivity index (χ2v) is 8.14. The van der Waals surface area contributed by atoms with E-state index >= 15 is 0 Å². The molecule has 6 nitrogen and oxygen atoms in total. The molecule has 2 heterocycles. The van der Waals surface area contributed by atoms with Crippen molar-refractivity contribution in [3.63, 3.8) is 0 Å². The van der Waals surface area contributed by atoms with Gasteiger partial charge in [0.1, 0.15) is 0 Å². The normalized spacial score (nSPS) is 17.1. The number of nitrogens with zero attached hydrogens (tertiary/aromatic N) is 1. The van der Waals surface area contributed by atoms with Gasteiger partial charge in [0.25, 0.3) is 5.91 Å². The highest BCUT2D eigenvalue weighted by molar-refractivity contribution is 9.10. The molecule has 2 aromatic rings. The predicted octanol–water partition coefficient (Wildman–Crippen LogP) is 4.30. The number of anilines is 1. The van der Waals surface area contributed by atoms with Gasteiger partial charge in [-0.25, -0.2) is 0 Å². The molecule has 1 saturated heterocycles. The second-order valence-electron chi connectivity index (χ2n) is 5.61. The summed E-state index contributed by atoms with van der Waals surface area (Å²) in [6.45, 7) is 0.161. The number of carbonyl (C=O) groups excluding carboxylic acids is 1. The molecular formula is C18H12BrNO5S2. The maximum absolute atomic E-state index is 12.9. The Balaban J connectivity index is 1.67. The molecule has 138 valence electrons. The van der Waals surface area contributed by atoms with Gasteiger partial charge in [0.2, 0.25) is 6.79 Å². The monoisotopic (exact) mass is 465 g/mol. The number of phenols is 1. The molecule has 27 heavy (non-hydrogen) atoms. The zero-order chi connectivity index (χ0) is 19.1. The van der Waals surface area contributed by atoms with Gasteiger partial charge in [-0.1, -0.05) is 24.0 Å². The quantitative estimate of drug-likeness (QED) is 0.535. The number of phenolic OH excluding ortho intramolecular Hbond substituents is 1. The highest BCUT2D eigenvalue weighted by Gasteiger charge is 2.34. The largest absolute Gasteiger partial charge is 0.503 e. The molecule has 0 aliphatic carbocycles. The Bertz CT molecular complexity index is 1010. The van der Waals surface area contributed by atoms with Crippen molar-refractivity contribution in [1.29, 1.82) is 0 Å². The molecule has 0 unspecified atom stereocenters. The van der Waals surface area contributed by atoms with Crippen LogP contribution in [0, 0.1) is 0 Å². The number of amides is 1. The fourth-order valence-corrected chi connectivity index (χ4v) is 4.46. The number of fused-ring (bicyclic) bond motifs is 1. The van der Waals surface area contributed by atoms with E-state index in [9.17, 15) is 9.90 Å².